The van der Waals surface area contributed by atoms with Crippen molar-refractivity contribution in [1.82, 2.24) is 14.8 Å². The van der Waals surface area contributed by atoms with Gasteiger partial charge in [-0.05, 0) is 54.1 Å². The zero-order valence-electron chi connectivity index (χ0n) is 16.6. The highest BCUT2D eigenvalue weighted by atomic mass is 35.5. The number of methoxy groups -OCH3 is 1. The van der Waals surface area contributed by atoms with Crippen molar-refractivity contribution in [3.63, 3.8) is 0 Å². The highest BCUT2D eigenvalue weighted by Gasteiger charge is 2.27. The van der Waals surface area contributed by atoms with Gasteiger partial charge in [0.15, 0.2) is 5.82 Å². The van der Waals surface area contributed by atoms with E-state index in [0.717, 1.165) is 28.1 Å². The van der Waals surface area contributed by atoms with Gasteiger partial charge in [-0.15, -0.1) is 5.10 Å². The van der Waals surface area contributed by atoms with Gasteiger partial charge in [0.25, 0.3) is 0 Å². The van der Waals surface area contributed by atoms with Crippen LogP contribution in [0.15, 0.2) is 78.9 Å². The van der Waals surface area contributed by atoms with Crippen molar-refractivity contribution >= 4 is 34.8 Å². The maximum Gasteiger partial charge on any atom is 0.227 e. The lowest BCUT2D eigenvalue weighted by Crippen LogP contribution is -2.20. The van der Waals surface area contributed by atoms with Crippen LogP contribution in [-0.2, 0) is 0 Å². The average molecular weight is 449 g/mol. The molecule has 0 unspecified atom stereocenters. The summed E-state index contributed by atoms with van der Waals surface area (Å²) in [6, 6.07) is 22.9. The van der Waals surface area contributed by atoms with E-state index in [4.69, 9.17) is 38.0 Å². The number of fused-ring (bicyclic) bond motifs is 1. The monoisotopic (exact) mass is 448 g/mol. The van der Waals surface area contributed by atoms with Crippen LogP contribution in [-0.4, -0.2) is 21.9 Å². The van der Waals surface area contributed by atoms with Gasteiger partial charge < -0.3 is 10.1 Å². The van der Waals surface area contributed by atoms with Crippen molar-refractivity contribution in [2.75, 3.05) is 12.4 Å². The molecule has 5 rings (SSSR count). The van der Waals surface area contributed by atoms with Crippen LogP contribution in [0.1, 0.15) is 17.2 Å². The van der Waals surface area contributed by atoms with Gasteiger partial charge in [0.05, 0.1) is 7.11 Å². The summed E-state index contributed by atoms with van der Waals surface area (Å²) in [6.45, 7) is 0. The van der Waals surface area contributed by atoms with Crippen LogP contribution in [0.5, 0.6) is 5.75 Å². The molecule has 0 saturated carbocycles. The fourth-order valence-electron chi connectivity index (χ4n) is 3.64. The van der Waals surface area contributed by atoms with Gasteiger partial charge in [0.2, 0.25) is 5.95 Å². The smallest absolute Gasteiger partial charge is 0.227 e. The number of allylic oxidation sites excluding steroid dienone is 1. The molecule has 7 heteroatoms. The third kappa shape index (κ3) is 3.78. The lowest BCUT2D eigenvalue weighted by Gasteiger charge is -2.25. The molecule has 0 bridgehead atoms. The molecular weight excluding hydrogens is 431 g/mol. The predicted octanol–water partition coefficient (Wildman–Crippen LogP) is 6.32. The second-order valence-electron chi connectivity index (χ2n) is 7.11. The largest absolute Gasteiger partial charge is 0.496 e. The second-order valence-corrected chi connectivity index (χ2v) is 7.98. The molecule has 31 heavy (non-hydrogen) atoms. The summed E-state index contributed by atoms with van der Waals surface area (Å²) in [7, 11) is 1.67. The molecule has 1 N–H and O–H groups in total. The molecular formula is C24H18Cl2N4O. The summed E-state index contributed by atoms with van der Waals surface area (Å²) >= 11 is 12.1. The van der Waals surface area contributed by atoms with E-state index in [1.54, 1.807) is 7.11 Å². The Morgan fingerprint density at radius 2 is 1.52 bits per heavy atom. The van der Waals surface area contributed by atoms with Crippen molar-refractivity contribution in [3.8, 4) is 17.1 Å². The molecule has 0 radical (unpaired) electrons. The van der Waals surface area contributed by atoms with Gasteiger partial charge in [-0.3, -0.25) is 0 Å². The van der Waals surface area contributed by atoms with Crippen LogP contribution >= 0.6 is 23.2 Å². The molecule has 0 fully saturated rings. The number of rotatable bonds is 4. The minimum absolute atomic E-state index is 0.202. The molecule has 1 aromatic heterocycles. The van der Waals surface area contributed by atoms with Crippen molar-refractivity contribution < 1.29 is 4.74 Å². The predicted molar refractivity (Wildman–Crippen MR) is 125 cm³/mol. The second kappa shape index (κ2) is 8.10. The van der Waals surface area contributed by atoms with Gasteiger partial charge in [-0.25, -0.2) is 4.68 Å². The standard InChI is InChI=1S/C24H18Cl2N4O/c1-31-22-5-3-2-4-19(22)21-14-20(15-6-10-17(25)11-7-15)27-24-28-23(29-30(21)24)16-8-12-18(26)13-9-16/h2-14,21H,1H3,(H,27,28,29)/t21-/m1/s1. The third-order valence-electron chi connectivity index (χ3n) is 5.18. The van der Waals surface area contributed by atoms with Crippen LogP contribution in [0.2, 0.25) is 10.0 Å². The van der Waals surface area contributed by atoms with Gasteiger partial charge in [-0.1, -0.05) is 53.5 Å². The number of ether oxygens (including phenoxy) is 1. The third-order valence-corrected chi connectivity index (χ3v) is 5.68. The minimum atomic E-state index is -0.202. The maximum atomic E-state index is 6.09. The normalized spacial score (nSPS) is 15.1. The summed E-state index contributed by atoms with van der Waals surface area (Å²) < 4.78 is 7.51. The lowest BCUT2D eigenvalue weighted by molar-refractivity contribution is 0.404. The molecule has 1 aliphatic rings. The number of nitrogens with zero attached hydrogens (tertiary/aromatic N) is 3. The summed E-state index contributed by atoms with van der Waals surface area (Å²) in [5.74, 6) is 2.05. The topological polar surface area (TPSA) is 52.0 Å². The van der Waals surface area contributed by atoms with E-state index in [2.05, 4.69) is 11.4 Å². The summed E-state index contributed by atoms with van der Waals surface area (Å²) in [5, 5.41) is 9.58. The molecule has 5 nitrogen and oxygen atoms in total. The van der Waals surface area contributed by atoms with Gasteiger partial charge in [0.1, 0.15) is 11.8 Å². The van der Waals surface area contributed by atoms with E-state index in [1.807, 2.05) is 77.5 Å². The molecule has 154 valence electrons. The molecule has 1 atom stereocenters. The number of anilines is 1. The number of hydrogen-bond donors (Lipinski definition) is 1. The van der Waals surface area contributed by atoms with E-state index in [-0.39, 0.29) is 6.04 Å². The maximum absolute atomic E-state index is 6.09. The first-order valence-corrected chi connectivity index (χ1v) is 10.5. The van der Waals surface area contributed by atoms with Crippen molar-refractivity contribution in [3.05, 3.63) is 100 Å². The Bertz CT molecular complexity index is 1260. The highest BCUT2D eigenvalue weighted by Crippen LogP contribution is 2.37. The number of benzene rings is 3. The first-order chi connectivity index (χ1) is 15.1. The zero-order valence-corrected chi connectivity index (χ0v) is 18.1. The van der Waals surface area contributed by atoms with Crippen molar-refractivity contribution in [2.45, 2.75) is 6.04 Å². The molecule has 0 saturated heterocycles. The minimum Gasteiger partial charge on any atom is -0.496 e. The van der Waals surface area contributed by atoms with E-state index < -0.39 is 0 Å². The zero-order chi connectivity index (χ0) is 21.4. The van der Waals surface area contributed by atoms with Crippen LogP contribution in [0.3, 0.4) is 0 Å². The van der Waals surface area contributed by atoms with Crippen molar-refractivity contribution in [2.24, 2.45) is 0 Å². The Kier molecular flexibility index (Phi) is 5.14. The Labute approximate surface area is 189 Å². The van der Waals surface area contributed by atoms with E-state index in [9.17, 15) is 0 Å². The first kappa shape index (κ1) is 19.7. The molecule has 3 aromatic carbocycles. The van der Waals surface area contributed by atoms with Crippen molar-refractivity contribution in [1.29, 1.82) is 0 Å². The molecule has 0 aliphatic carbocycles. The molecule has 4 aromatic rings. The molecule has 1 aliphatic heterocycles. The number of nitrogens with one attached hydrogen (secondary N) is 1. The van der Waals surface area contributed by atoms with Crippen LogP contribution < -0.4 is 10.1 Å². The van der Waals surface area contributed by atoms with Crippen LogP contribution in [0.4, 0.5) is 5.95 Å². The van der Waals surface area contributed by atoms with Crippen LogP contribution in [0, 0.1) is 0 Å². The number of halogens is 2. The molecule has 0 spiro atoms. The fraction of sp³-hybridized carbons (Fsp3) is 0.0833. The van der Waals surface area contributed by atoms with Crippen LogP contribution in [0.25, 0.3) is 17.1 Å². The SMILES string of the molecule is COc1ccccc1[C@H]1C=C(c2ccc(Cl)cc2)Nc2nc(-c3ccc(Cl)cc3)nn21. The van der Waals surface area contributed by atoms with E-state index in [1.165, 1.54) is 0 Å². The number of hydrogen-bond acceptors (Lipinski definition) is 4. The van der Waals surface area contributed by atoms with E-state index >= 15 is 0 Å². The first-order valence-electron chi connectivity index (χ1n) is 9.72. The highest BCUT2D eigenvalue weighted by molar-refractivity contribution is 6.30. The quantitative estimate of drug-likeness (QED) is 0.396. The molecule has 0 amide bonds. The Morgan fingerprint density at radius 3 is 2.19 bits per heavy atom. The van der Waals surface area contributed by atoms with Gasteiger partial charge in [-0.2, -0.15) is 4.98 Å². The number of aromatic nitrogens is 3. The van der Waals surface area contributed by atoms with Gasteiger partial charge >= 0.3 is 0 Å². The summed E-state index contributed by atoms with van der Waals surface area (Å²) in [5.41, 5.74) is 3.81. The fourth-order valence-corrected chi connectivity index (χ4v) is 3.90. The van der Waals surface area contributed by atoms with Gasteiger partial charge in [0, 0.05) is 26.9 Å². The summed E-state index contributed by atoms with van der Waals surface area (Å²) in [4.78, 5) is 4.77. The van der Waals surface area contributed by atoms with E-state index in [0.29, 0.717) is 21.8 Å². The Balaban J connectivity index is 1.64. The Hall–Kier alpha value is -3.28. The lowest BCUT2D eigenvalue weighted by atomic mass is 10.0. The average Bonchev–Trinajstić information content (AvgIpc) is 3.23. The number of para-hydroxylation sites is 1. The summed E-state index contributed by atoms with van der Waals surface area (Å²) in [6.07, 6.45) is 2.12. The molecule has 2 heterocycles. The Morgan fingerprint density at radius 1 is 0.871 bits per heavy atom.